The van der Waals surface area contributed by atoms with E-state index in [1.54, 1.807) is 20.8 Å². The van der Waals surface area contributed by atoms with Crippen LogP contribution in [-0.2, 0) is 14.3 Å². The first-order chi connectivity index (χ1) is 11.2. The minimum atomic E-state index is -0.884. The average Bonchev–Trinajstić information content (AvgIpc) is 2.94. The summed E-state index contributed by atoms with van der Waals surface area (Å²) in [6.07, 6.45) is 2.59. The van der Waals surface area contributed by atoms with Gasteiger partial charge in [-0.1, -0.05) is 13.5 Å². The zero-order valence-electron chi connectivity index (χ0n) is 15.1. The number of hydrogen-bond donors (Lipinski definition) is 2. The van der Waals surface area contributed by atoms with Crippen LogP contribution in [0.15, 0.2) is 12.7 Å². The van der Waals surface area contributed by atoms with E-state index in [0.29, 0.717) is 32.5 Å². The zero-order chi connectivity index (χ0) is 18.4. The lowest BCUT2D eigenvalue weighted by atomic mass is 9.92. The average molecular weight is 339 g/mol. The minimum absolute atomic E-state index is 0.207. The number of nitrogens with zero attached hydrogens (tertiary/aromatic N) is 1. The molecule has 0 bridgehead atoms. The van der Waals surface area contributed by atoms with Crippen LogP contribution in [-0.4, -0.2) is 53.6 Å². The molecule has 0 saturated carbocycles. The standard InChI is InChI=1S/C17H29N3O4/c1-6-13(21)18-10-11-19-14(22)17(7-2)9-8-12-20(17)15(23)24-16(3,4)5/h6H,1,7-12H2,2-5H3,(H,18,21)(H,19,22). The highest BCUT2D eigenvalue weighted by Gasteiger charge is 2.49. The molecule has 7 heteroatoms. The van der Waals surface area contributed by atoms with Gasteiger partial charge in [-0.2, -0.15) is 0 Å². The summed E-state index contributed by atoms with van der Waals surface area (Å²) >= 11 is 0. The Labute approximate surface area is 143 Å². The lowest BCUT2D eigenvalue weighted by Crippen LogP contribution is -2.58. The van der Waals surface area contributed by atoms with E-state index >= 15 is 0 Å². The summed E-state index contributed by atoms with van der Waals surface area (Å²) in [6.45, 7) is 11.8. The van der Waals surface area contributed by atoms with E-state index in [9.17, 15) is 14.4 Å². The number of carbonyl (C=O) groups is 3. The second-order valence-electron chi connectivity index (χ2n) is 6.87. The molecule has 1 saturated heterocycles. The molecule has 0 aromatic rings. The fourth-order valence-electron chi connectivity index (χ4n) is 2.82. The van der Waals surface area contributed by atoms with Crippen molar-refractivity contribution in [2.24, 2.45) is 0 Å². The molecule has 7 nitrogen and oxygen atoms in total. The van der Waals surface area contributed by atoms with Crippen molar-refractivity contribution in [2.75, 3.05) is 19.6 Å². The third-order valence-corrected chi connectivity index (χ3v) is 4.01. The van der Waals surface area contributed by atoms with E-state index in [1.165, 1.54) is 11.0 Å². The fourth-order valence-corrected chi connectivity index (χ4v) is 2.82. The van der Waals surface area contributed by atoms with Crippen molar-refractivity contribution in [2.45, 2.75) is 58.1 Å². The molecule has 136 valence electrons. The van der Waals surface area contributed by atoms with E-state index in [1.807, 2.05) is 6.92 Å². The quantitative estimate of drug-likeness (QED) is 0.568. The molecule has 3 amide bonds. The normalized spacial score (nSPS) is 20.4. The summed E-state index contributed by atoms with van der Waals surface area (Å²) in [6, 6.07) is 0. The Morgan fingerprint density at radius 2 is 1.88 bits per heavy atom. The first kappa shape index (κ1) is 20.0. The summed E-state index contributed by atoms with van der Waals surface area (Å²) in [7, 11) is 0. The maximum atomic E-state index is 12.7. The van der Waals surface area contributed by atoms with Crippen LogP contribution in [0.4, 0.5) is 4.79 Å². The predicted molar refractivity (Wildman–Crippen MR) is 91.4 cm³/mol. The first-order valence-electron chi connectivity index (χ1n) is 8.35. The van der Waals surface area contributed by atoms with Gasteiger partial charge in [0.15, 0.2) is 0 Å². The van der Waals surface area contributed by atoms with Gasteiger partial charge in [-0.25, -0.2) is 4.79 Å². The van der Waals surface area contributed by atoms with Crippen LogP contribution in [0.5, 0.6) is 0 Å². The van der Waals surface area contributed by atoms with Gasteiger partial charge in [-0.15, -0.1) is 0 Å². The van der Waals surface area contributed by atoms with E-state index < -0.39 is 17.2 Å². The lowest BCUT2D eigenvalue weighted by Gasteiger charge is -2.37. The Morgan fingerprint density at radius 1 is 1.25 bits per heavy atom. The summed E-state index contributed by atoms with van der Waals surface area (Å²) < 4.78 is 5.44. The highest BCUT2D eigenvalue weighted by molar-refractivity contribution is 5.90. The molecule has 1 aliphatic heterocycles. The molecule has 1 rings (SSSR count). The molecule has 0 aromatic carbocycles. The summed E-state index contributed by atoms with van der Waals surface area (Å²) in [4.78, 5) is 37.8. The maximum absolute atomic E-state index is 12.7. The Balaban J connectivity index is 2.71. The third-order valence-electron chi connectivity index (χ3n) is 4.01. The smallest absolute Gasteiger partial charge is 0.411 e. The number of carbonyl (C=O) groups excluding carboxylic acids is 3. The summed E-state index contributed by atoms with van der Waals surface area (Å²) in [5.74, 6) is -0.494. The van der Waals surface area contributed by atoms with Crippen molar-refractivity contribution >= 4 is 17.9 Å². The number of rotatable bonds is 6. The Morgan fingerprint density at radius 3 is 2.42 bits per heavy atom. The molecule has 1 atom stereocenters. The zero-order valence-corrected chi connectivity index (χ0v) is 15.1. The van der Waals surface area contributed by atoms with E-state index in [-0.39, 0.29) is 11.8 Å². The largest absolute Gasteiger partial charge is 0.444 e. The Hall–Kier alpha value is -2.05. The van der Waals surface area contributed by atoms with Gasteiger partial charge in [0, 0.05) is 19.6 Å². The SMILES string of the molecule is C=CC(=O)NCCNC(=O)C1(CC)CCCN1C(=O)OC(C)(C)C. The molecule has 1 heterocycles. The number of ether oxygens (including phenoxy) is 1. The van der Waals surface area contributed by atoms with Crippen LogP contribution >= 0.6 is 0 Å². The Bertz CT molecular complexity index is 499. The predicted octanol–water partition coefficient (Wildman–Crippen LogP) is 1.58. The van der Waals surface area contributed by atoms with E-state index in [4.69, 9.17) is 4.74 Å². The highest BCUT2D eigenvalue weighted by atomic mass is 16.6. The molecule has 1 aliphatic rings. The van der Waals surface area contributed by atoms with Crippen molar-refractivity contribution in [3.8, 4) is 0 Å². The van der Waals surface area contributed by atoms with Gasteiger partial charge in [-0.05, 0) is 46.1 Å². The van der Waals surface area contributed by atoms with Crippen molar-refractivity contribution in [3.63, 3.8) is 0 Å². The second-order valence-corrected chi connectivity index (χ2v) is 6.87. The molecular weight excluding hydrogens is 310 g/mol. The van der Waals surface area contributed by atoms with Crippen molar-refractivity contribution in [1.82, 2.24) is 15.5 Å². The monoisotopic (exact) mass is 339 g/mol. The summed E-state index contributed by atoms with van der Waals surface area (Å²) in [5, 5.41) is 5.40. The van der Waals surface area contributed by atoms with Crippen LogP contribution in [0.2, 0.25) is 0 Å². The van der Waals surface area contributed by atoms with Gasteiger partial charge < -0.3 is 15.4 Å². The molecule has 1 fully saturated rings. The van der Waals surface area contributed by atoms with Crippen molar-refractivity contribution < 1.29 is 19.1 Å². The molecule has 0 aliphatic carbocycles. The molecule has 2 N–H and O–H groups in total. The van der Waals surface area contributed by atoms with Gasteiger partial charge in [-0.3, -0.25) is 14.5 Å². The van der Waals surface area contributed by atoms with Gasteiger partial charge in [0.1, 0.15) is 11.1 Å². The van der Waals surface area contributed by atoms with Crippen molar-refractivity contribution in [1.29, 1.82) is 0 Å². The number of likely N-dealkylation sites (tertiary alicyclic amines) is 1. The minimum Gasteiger partial charge on any atom is -0.444 e. The van der Waals surface area contributed by atoms with Crippen LogP contribution in [0.3, 0.4) is 0 Å². The van der Waals surface area contributed by atoms with Crippen LogP contribution in [0, 0.1) is 0 Å². The van der Waals surface area contributed by atoms with Gasteiger partial charge in [0.25, 0.3) is 0 Å². The van der Waals surface area contributed by atoms with Crippen LogP contribution in [0.25, 0.3) is 0 Å². The second kappa shape index (κ2) is 8.17. The Kier molecular flexibility index (Phi) is 6.81. The van der Waals surface area contributed by atoms with Gasteiger partial charge >= 0.3 is 6.09 Å². The van der Waals surface area contributed by atoms with Crippen molar-refractivity contribution in [3.05, 3.63) is 12.7 Å². The number of hydrogen-bond acceptors (Lipinski definition) is 4. The number of nitrogens with one attached hydrogen (secondary N) is 2. The van der Waals surface area contributed by atoms with Crippen LogP contribution < -0.4 is 10.6 Å². The molecule has 0 radical (unpaired) electrons. The van der Waals surface area contributed by atoms with Crippen LogP contribution in [0.1, 0.15) is 47.0 Å². The number of amides is 3. The molecule has 24 heavy (non-hydrogen) atoms. The lowest BCUT2D eigenvalue weighted by molar-refractivity contribution is -0.132. The third kappa shape index (κ3) is 4.97. The molecule has 1 unspecified atom stereocenters. The highest BCUT2D eigenvalue weighted by Crippen LogP contribution is 2.34. The first-order valence-corrected chi connectivity index (χ1v) is 8.35. The maximum Gasteiger partial charge on any atom is 0.411 e. The van der Waals surface area contributed by atoms with E-state index in [2.05, 4.69) is 17.2 Å². The van der Waals surface area contributed by atoms with Gasteiger partial charge in [0.05, 0.1) is 0 Å². The topological polar surface area (TPSA) is 87.7 Å². The van der Waals surface area contributed by atoms with E-state index in [0.717, 1.165) is 6.42 Å². The molecule has 0 aromatic heterocycles. The summed E-state index contributed by atoms with van der Waals surface area (Å²) in [5.41, 5.74) is -1.49. The van der Waals surface area contributed by atoms with Gasteiger partial charge in [0.2, 0.25) is 11.8 Å². The fraction of sp³-hybridized carbons (Fsp3) is 0.706. The molecule has 0 spiro atoms. The molecular formula is C17H29N3O4.